The summed E-state index contributed by atoms with van der Waals surface area (Å²) in [5.41, 5.74) is 13.5. The molecule has 0 saturated carbocycles. The van der Waals surface area contributed by atoms with Gasteiger partial charge in [-0.25, -0.2) is 19.2 Å². The lowest BCUT2D eigenvalue weighted by Crippen LogP contribution is -2.41. The molecule has 0 saturated heterocycles. The first kappa shape index (κ1) is 112. The van der Waals surface area contributed by atoms with Gasteiger partial charge in [0, 0.05) is 100 Å². The van der Waals surface area contributed by atoms with Crippen LogP contribution in [-0.4, -0.2) is 136 Å². The molecule has 0 heterocycles. The summed E-state index contributed by atoms with van der Waals surface area (Å²) in [5.74, 6) is 0.702. The second kappa shape index (κ2) is 54.7. The van der Waals surface area contributed by atoms with Crippen molar-refractivity contribution in [1.29, 1.82) is 0 Å². The van der Waals surface area contributed by atoms with Crippen LogP contribution < -0.4 is 18.9 Å². The molecule has 0 atom stereocenters. The largest absolute Gasteiger partial charge is 0.489 e. The van der Waals surface area contributed by atoms with Gasteiger partial charge in [-0.05, 0) is 191 Å². The van der Waals surface area contributed by atoms with Crippen LogP contribution in [0.3, 0.4) is 0 Å². The maximum Gasteiger partial charge on any atom is 0.333 e. The molecule has 0 amide bonds. The van der Waals surface area contributed by atoms with Gasteiger partial charge in [0.1, 0.15) is 75.9 Å². The zero-order chi connectivity index (χ0) is 95.1. The Morgan fingerprint density at radius 3 is 0.578 bits per heavy atom. The number of aryl methyl sites for hydroxylation is 4. The maximum atomic E-state index is 14.1. The Kier molecular flexibility index (Phi) is 47.9. The number of unbranched alkanes of at least 4 members (excludes halogenated alkanes) is 16. The molecule has 1 aliphatic rings. The first-order valence-electron chi connectivity index (χ1n) is 49.2. The Morgan fingerprint density at radius 2 is 0.422 bits per heavy atom. The maximum absolute atomic E-state index is 14.1. The van der Waals surface area contributed by atoms with Crippen LogP contribution >= 0.6 is 0 Å². The van der Waals surface area contributed by atoms with E-state index in [9.17, 15) is 19.2 Å². The van der Waals surface area contributed by atoms with Gasteiger partial charge in [-0.3, -0.25) is 0 Å². The van der Waals surface area contributed by atoms with Gasteiger partial charge in [-0.1, -0.05) is 288 Å². The van der Waals surface area contributed by atoms with Crippen LogP contribution in [0.4, 0.5) is 0 Å². The number of ether oxygens (including phenoxy) is 8. The molecule has 0 fully saturated rings. The number of hydrogen-bond acceptors (Lipinski definition) is 16. The number of fused-ring (bicyclic) bond motifs is 8. The van der Waals surface area contributed by atoms with Crippen molar-refractivity contribution in [3.05, 3.63) is 164 Å². The van der Waals surface area contributed by atoms with Gasteiger partial charge >= 0.3 is 23.9 Å². The van der Waals surface area contributed by atoms with Gasteiger partial charge < -0.3 is 55.6 Å². The highest BCUT2D eigenvalue weighted by atomic mass is 28.4. The summed E-state index contributed by atoms with van der Waals surface area (Å²) in [6, 6.07) is 18.6. The Labute approximate surface area is 782 Å². The molecule has 20 heteroatoms. The lowest BCUT2D eigenvalue weighted by atomic mass is 9.87. The summed E-state index contributed by atoms with van der Waals surface area (Å²) in [6.45, 7) is 71.3. The average Bonchev–Trinajstić information content (AvgIpc) is 0.769. The van der Waals surface area contributed by atoms with Gasteiger partial charge in [0.25, 0.3) is 0 Å². The fourth-order valence-corrected chi connectivity index (χ4v) is 18.9. The van der Waals surface area contributed by atoms with Crippen molar-refractivity contribution in [1.82, 2.24) is 0 Å². The topological polar surface area (TPSA) is 179 Å². The molecular weight excluding hydrogens is 1670 g/mol. The summed E-state index contributed by atoms with van der Waals surface area (Å²) in [6.07, 6.45) is 28.0. The van der Waals surface area contributed by atoms with E-state index < -0.39 is 57.1 Å². The van der Waals surface area contributed by atoms with E-state index in [0.717, 1.165) is 199 Å². The van der Waals surface area contributed by atoms with Crippen molar-refractivity contribution in [2.45, 2.75) is 389 Å². The molecule has 1 aliphatic carbocycles. The van der Waals surface area contributed by atoms with E-state index in [1.165, 1.54) is 22.3 Å². The van der Waals surface area contributed by atoms with Gasteiger partial charge in [0.05, 0.1) is 0 Å². The van der Waals surface area contributed by atoms with Crippen LogP contribution in [0.2, 0.25) is 72.5 Å². The molecular formula is C108H176O16Si4. The Morgan fingerprint density at radius 1 is 0.258 bits per heavy atom. The second-order valence-electron chi connectivity index (χ2n) is 42.1. The monoisotopic (exact) mass is 1840 g/mol. The van der Waals surface area contributed by atoms with Crippen LogP contribution in [0.5, 0.6) is 23.0 Å². The molecule has 0 aromatic heterocycles. The number of rotatable bonds is 60. The Balaban J connectivity index is 1.91. The van der Waals surface area contributed by atoms with E-state index in [2.05, 4.69) is 238 Å². The van der Waals surface area contributed by atoms with E-state index in [-0.39, 0.29) is 73.0 Å². The molecule has 128 heavy (non-hydrogen) atoms. The van der Waals surface area contributed by atoms with Gasteiger partial charge in [-0.15, -0.1) is 0 Å². The van der Waals surface area contributed by atoms with Crippen LogP contribution in [0.25, 0.3) is 0 Å². The van der Waals surface area contributed by atoms with Crippen molar-refractivity contribution in [3.8, 4) is 23.0 Å². The van der Waals surface area contributed by atoms with E-state index >= 15 is 0 Å². The zero-order valence-corrected chi connectivity index (χ0v) is 89.1. The summed E-state index contributed by atoms with van der Waals surface area (Å²) in [5, 5.41) is -0.0105. The van der Waals surface area contributed by atoms with Crippen molar-refractivity contribution in [2.24, 2.45) is 0 Å². The summed E-state index contributed by atoms with van der Waals surface area (Å²) in [4.78, 5) is 56.2. The highest BCUT2D eigenvalue weighted by Gasteiger charge is 2.41. The molecule has 0 spiro atoms. The summed E-state index contributed by atoms with van der Waals surface area (Å²) in [7, 11) is -8.43. The first-order valence-corrected chi connectivity index (χ1v) is 60.9. The molecule has 4 aromatic rings. The van der Waals surface area contributed by atoms with Gasteiger partial charge in [0.2, 0.25) is 0 Å². The molecule has 720 valence electrons. The minimum Gasteiger partial charge on any atom is -0.489 e. The fourth-order valence-electron chi connectivity index (χ4n) is 14.7. The smallest absolute Gasteiger partial charge is 0.333 e. The zero-order valence-electron chi connectivity index (χ0n) is 85.1. The number of carbonyl (C=O) groups is 4. The molecule has 4 aromatic carbocycles. The molecule has 16 nitrogen and oxygen atoms in total. The van der Waals surface area contributed by atoms with Crippen LogP contribution in [0.1, 0.15) is 332 Å². The third kappa shape index (κ3) is 38.3. The lowest BCUT2D eigenvalue weighted by molar-refractivity contribution is -0.140. The van der Waals surface area contributed by atoms with Gasteiger partial charge in [0.15, 0.2) is 33.3 Å². The number of benzene rings is 4. The number of carbonyl (C=O) groups excluding carboxylic acids is 4. The molecule has 0 radical (unpaired) electrons. The van der Waals surface area contributed by atoms with E-state index in [1.807, 2.05) is 0 Å². The SMILES string of the molecule is C=C(CCO[Si](C)(C)C(C)(C)C)C(=O)OCCOc1c2cc(CCCCCCC)cc1Cc1cc(CCCCCCC)cc(c1OCCOC(=O)C(=C)CCO[Si](C)(C)C(C)(C)C)Cc1cc(CCCCCCC)cc(c1OCCOC(=O)C(=C)CCO[Si](C)(C)C(C)(C)C)Cc1cc(CCCCCCC)cc(c1OCCOC(=O)C(=C)CCO[Si](C)(C)C(C)(C)C)C2. The van der Waals surface area contributed by atoms with Crippen molar-refractivity contribution in [3.63, 3.8) is 0 Å². The molecule has 0 unspecified atom stereocenters. The molecule has 0 N–H and O–H groups in total. The minimum atomic E-state index is -2.11. The van der Waals surface area contributed by atoms with Crippen molar-refractivity contribution in [2.75, 3.05) is 79.3 Å². The molecule has 0 aliphatic heterocycles. The third-order valence-electron chi connectivity index (χ3n) is 27.1. The minimum absolute atomic E-state index is 0.00262. The Hall–Kier alpha value is -6.37. The fraction of sp³-hybridized carbons (Fsp3) is 0.667. The quantitative estimate of drug-likeness (QED) is 0.0118. The van der Waals surface area contributed by atoms with Crippen LogP contribution in [-0.2, 0) is 107 Å². The second-order valence-corrected chi connectivity index (χ2v) is 61.4. The Bertz CT molecular complexity index is 3540. The predicted octanol–water partition coefficient (Wildman–Crippen LogP) is 28.0. The van der Waals surface area contributed by atoms with Gasteiger partial charge in [-0.2, -0.15) is 0 Å². The highest BCUT2D eigenvalue weighted by molar-refractivity contribution is 6.75. The number of esters is 4. The van der Waals surface area contributed by atoms with Crippen LogP contribution in [0, 0.1) is 0 Å². The third-order valence-corrected chi connectivity index (χ3v) is 45.3. The lowest BCUT2D eigenvalue weighted by Gasteiger charge is -2.36. The summed E-state index contributed by atoms with van der Waals surface area (Å²) < 4.78 is 79.9. The van der Waals surface area contributed by atoms with E-state index in [0.29, 0.717) is 123 Å². The van der Waals surface area contributed by atoms with E-state index in [4.69, 9.17) is 55.6 Å². The number of hydrogen-bond donors (Lipinski definition) is 0. The highest BCUT2D eigenvalue weighted by Crippen LogP contribution is 2.45. The van der Waals surface area contributed by atoms with E-state index in [1.54, 1.807) is 0 Å². The average molecular weight is 1840 g/mol. The standard InChI is InChI=1S/C108H176O16Si4/c1-29-33-37-41-45-49-85-69-89-77-91-71-86(50-46-42-38-34-30-2)73-93(98(91)114-62-66-118-102(110)82(6)54-58-122-126(23,24)106(12,13)14)79-95-75-88(52-48-44-40-36-32-4)76-96(100(95)116-64-68-120-104(112)84(8)56-60-124-128(27,28)108(18,19)20)80-94-74-87(51-47-43-39-35-31-3)72-92(99(94)115-63-67-119-103(111)83(7)55-59-123-127(25,26)107(15,16)17)78-90(70-85)97(89)113-61-65-117-101(109)81(5)53-57-121-125(21,22)105(9,10)11/h69-76H,5-8,29-68,77-80H2,1-4,9-28H3. The van der Waals surface area contributed by atoms with Crippen molar-refractivity contribution < 1.29 is 74.8 Å². The molecule has 8 bridgehead atoms. The molecule has 5 rings (SSSR count). The normalized spacial score (nSPS) is 12.9. The van der Waals surface area contributed by atoms with Crippen LogP contribution in [0.15, 0.2) is 97.1 Å². The first-order chi connectivity index (χ1) is 60.2. The van der Waals surface area contributed by atoms with Crippen molar-refractivity contribution >= 4 is 57.1 Å². The summed E-state index contributed by atoms with van der Waals surface area (Å²) >= 11 is 0. The predicted molar refractivity (Wildman–Crippen MR) is 540 cm³/mol.